The second-order valence-corrected chi connectivity index (χ2v) is 4.24. The average Bonchev–Trinajstić information content (AvgIpc) is 2.28. The molecule has 1 aromatic rings. The van der Waals surface area contributed by atoms with Gasteiger partial charge < -0.3 is 4.74 Å². The molecule has 0 bridgehead atoms. The van der Waals surface area contributed by atoms with E-state index >= 15 is 0 Å². The van der Waals surface area contributed by atoms with Crippen LogP contribution < -0.4 is 4.74 Å². The fourth-order valence-electron chi connectivity index (χ4n) is 1.39. The highest BCUT2D eigenvalue weighted by atomic mass is 16.5. The minimum Gasteiger partial charge on any atom is -0.491 e. The van der Waals surface area contributed by atoms with Crippen LogP contribution >= 0.6 is 0 Å². The van der Waals surface area contributed by atoms with Crippen molar-refractivity contribution < 1.29 is 9.53 Å². The molecule has 0 amide bonds. The highest BCUT2D eigenvalue weighted by molar-refractivity contribution is 5.82. The number of rotatable bonds is 5. The molecule has 0 spiro atoms. The fourth-order valence-corrected chi connectivity index (χ4v) is 1.39. The van der Waals surface area contributed by atoms with Gasteiger partial charge in [0.1, 0.15) is 11.5 Å². The van der Waals surface area contributed by atoms with E-state index in [1.807, 2.05) is 38.1 Å². The molecule has 0 aromatic heterocycles. The van der Waals surface area contributed by atoms with Crippen LogP contribution in [-0.2, 0) is 4.79 Å². The van der Waals surface area contributed by atoms with E-state index in [0.29, 0.717) is 0 Å². The minimum absolute atomic E-state index is 0.0300. The van der Waals surface area contributed by atoms with Crippen LogP contribution in [-0.4, -0.2) is 11.9 Å². The molecule has 0 aliphatic heterocycles. The number of carbonyl (C=O) groups is 1. The standard InChI is InChI=1S/C14H20O2/c1-5-10(2)16-14-8-6-13(7-9-14)11(3)12(4)15/h6-11H,5H2,1-4H3. The van der Waals surface area contributed by atoms with Gasteiger partial charge in [-0.3, -0.25) is 4.79 Å². The molecule has 0 aliphatic carbocycles. The van der Waals surface area contributed by atoms with Crippen LogP contribution in [0.2, 0.25) is 0 Å². The summed E-state index contributed by atoms with van der Waals surface area (Å²) in [5, 5.41) is 0. The van der Waals surface area contributed by atoms with Gasteiger partial charge in [-0.05, 0) is 38.0 Å². The van der Waals surface area contributed by atoms with E-state index < -0.39 is 0 Å². The molecule has 2 heteroatoms. The molecule has 16 heavy (non-hydrogen) atoms. The Hall–Kier alpha value is -1.31. The summed E-state index contributed by atoms with van der Waals surface area (Å²) < 4.78 is 5.67. The van der Waals surface area contributed by atoms with Crippen molar-refractivity contribution in [3.8, 4) is 5.75 Å². The van der Waals surface area contributed by atoms with Crippen LogP contribution in [0.4, 0.5) is 0 Å². The first-order chi connectivity index (χ1) is 7.54. The summed E-state index contributed by atoms with van der Waals surface area (Å²) in [5.74, 6) is 1.03. The molecule has 2 nitrogen and oxygen atoms in total. The van der Waals surface area contributed by atoms with Crippen LogP contribution in [0.3, 0.4) is 0 Å². The van der Waals surface area contributed by atoms with Crippen molar-refractivity contribution in [2.24, 2.45) is 0 Å². The van der Waals surface area contributed by atoms with Gasteiger partial charge in [0.15, 0.2) is 0 Å². The topological polar surface area (TPSA) is 26.3 Å². The molecule has 0 N–H and O–H groups in total. The first-order valence-electron chi connectivity index (χ1n) is 5.81. The van der Waals surface area contributed by atoms with Crippen molar-refractivity contribution in [3.63, 3.8) is 0 Å². The maximum atomic E-state index is 11.2. The first kappa shape index (κ1) is 12.8. The van der Waals surface area contributed by atoms with Gasteiger partial charge in [-0.25, -0.2) is 0 Å². The molecule has 1 aromatic carbocycles. The Morgan fingerprint density at radius 1 is 1.25 bits per heavy atom. The van der Waals surface area contributed by atoms with E-state index in [0.717, 1.165) is 17.7 Å². The molecule has 0 fully saturated rings. The molecular weight excluding hydrogens is 200 g/mol. The minimum atomic E-state index is -0.0300. The molecule has 0 saturated carbocycles. The lowest BCUT2D eigenvalue weighted by Gasteiger charge is -2.14. The van der Waals surface area contributed by atoms with Gasteiger partial charge in [0.25, 0.3) is 0 Å². The first-order valence-corrected chi connectivity index (χ1v) is 5.81. The molecular formula is C14H20O2. The van der Waals surface area contributed by atoms with Crippen molar-refractivity contribution in [2.75, 3.05) is 0 Å². The number of ether oxygens (including phenoxy) is 1. The smallest absolute Gasteiger partial charge is 0.136 e. The zero-order valence-corrected chi connectivity index (χ0v) is 10.5. The molecule has 0 heterocycles. The number of hydrogen-bond donors (Lipinski definition) is 0. The molecule has 0 aliphatic rings. The van der Waals surface area contributed by atoms with Crippen LogP contribution in [0, 0.1) is 0 Å². The van der Waals surface area contributed by atoms with E-state index in [1.54, 1.807) is 6.92 Å². The van der Waals surface area contributed by atoms with Crippen molar-refractivity contribution in [1.29, 1.82) is 0 Å². The van der Waals surface area contributed by atoms with Crippen LogP contribution in [0.15, 0.2) is 24.3 Å². The number of benzene rings is 1. The second kappa shape index (κ2) is 5.69. The maximum Gasteiger partial charge on any atom is 0.136 e. The van der Waals surface area contributed by atoms with Gasteiger partial charge in [-0.15, -0.1) is 0 Å². The Balaban J connectivity index is 2.71. The summed E-state index contributed by atoms with van der Waals surface area (Å²) >= 11 is 0. The number of Topliss-reactive ketones (excluding diaryl/α,β-unsaturated/α-hetero) is 1. The zero-order valence-electron chi connectivity index (χ0n) is 10.5. The van der Waals surface area contributed by atoms with Crippen LogP contribution in [0.1, 0.15) is 45.6 Å². The van der Waals surface area contributed by atoms with Crippen molar-refractivity contribution in [1.82, 2.24) is 0 Å². The summed E-state index contributed by atoms with van der Waals surface area (Å²) in [4.78, 5) is 11.2. The van der Waals surface area contributed by atoms with E-state index in [1.165, 1.54) is 0 Å². The molecule has 2 unspecified atom stereocenters. The number of carbonyl (C=O) groups excluding carboxylic acids is 1. The van der Waals surface area contributed by atoms with Gasteiger partial charge >= 0.3 is 0 Å². The predicted molar refractivity (Wildman–Crippen MR) is 65.9 cm³/mol. The average molecular weight is 220 g/mol. The summed E-state index contributed by atoms with van der Waals surface area (Å²) in [6.07, 6.45) is 1.22. The van der Waals surface area contributed by atoms with Gasteiger partial charge in [-0.1, -0.05) is 26.0 Å². The third kappa shape index (κ3) is 3.37. The van der Waals surface area contributed by atoms with Crippen molar-refractivity contribution in [2.45, 2.75) is 46.1 Å². The summed E-state index contributed by atoms with van der Waals surface area (Å²) in [6, 6.07) is 7.79. The Morgan fingerprint density at radius 3 is 2.25 bits per heavy atom. The number of hydrogen-bond acceptors (Lipinski definition) is 2. The summed E-state index contributed by atoms with van der Waals surface area (Å²) in [7, 11) is 0. The third-order valence-corrected chi connectivity index (χ3v) is 2.90. The summed E-state index contributed by atoms with van der Waals surface area (Å²) in [6.45, 7) is 7.68. The lowest BCUT2D eigenvalue weighted by atomic mass is 9.98. The van der Waals surface area contributed by atoms with Crippen molar-refractivity contribution >= 4 is 5.78 Å². The van der Waals surface area contributed by atoms with Gasteiger partial charge in [-0.2, -0.15) is 0 Å². The highest BCUT2D eigenvalue weighted by Crippen LogP contribution is 2.20. The Labute approximate surface area is 97.6 Å². The van der Waals surface area contributed by atoms with Crippen LogP contribution in [0.25, 0.3) is 0 Å². The third-order valence-electron chi connectivity index (χ3n) is 2.90. The second-order valence-electron chi connectivity index (χ2n) is 4.24. The normalized spacial score (nSPS) is 14.2. The van der Waals surface area contributed by atoms with Gasteiger partial charge in [0.2, 0.25) is 0 Å². The largest absolute Gasteiger partial charge is 0.491 e. The van der Waals surface area contributed by atoms with Gasteiger partial charge in [0.05, 0.1) is 6.10 Å². The maximum absolute atomic E-state index is 11.2. The lowest BCUT2D eigenvalue weighted by molar-refractivity contribution is -0.118. The van der Waals surface area contributed by atoms with Gasteiger partial charge in [0, 0.05) is 5.92 Å². The molecule has 88 valence electrons. The van der Waals surface area contributed by atoms with E-state index in [2.05, 4.69) is 6.92 Å². The number of ketones is 1. The van der Waals surface area contributed by atoms with E-state index in [-0.39, 0.29) is 17.8 Å². The van der Waals surface area contributed by atoms with Crippen LogP contribution in [0.5, 0.6) is 5.75 Å². The molecule has 0 saturated heterocycles. The lowest BCUT2D eigenvalue weighted by Crippen LogP contribution is -2.10. The molecule has 2 atom stereocenters. The molecule has 0 radical (unpaired) electrons. The Morgan fingerprint density at radius 2 is 1.81 bits per heavy atom. The van der Waals surface area contributed by atoms with E-state index in [4.69, 9.17) is 4.74 Å². The predicted octanol–water partition coefficient (Wildman–Crippen LogP) is 3.56. The fraction of sp³-hybridized carbons (Fsp3) is 0.500. The molecule has 1 rings (SSSR count). The van der Waals surface area contributed by atoms with Crippen molar-refractivity contribution in [3.05, 3.63) is 29.8 Å². The monoisotopic (exact) mass is 220 g/mol. The Bertz CT molecular complexity index is 340. The summed E-state index contributed by atoms with van der Waals surface area (Å²) in [5.41, 5.74) is 1.05. The SMILES string of the molecule is CCC(C)Oc1ccc(C(C)C(C)=O)cc1. The van der Waals surface area contributed by atoms with E-state index in [9.17, 15) is 4.79 Å². The zero-order chi connectivity index (χ0) is 12.1. The highest BCUT2D eigenvalue weighted by Gasteiger charge is 2.10. The Kier molecular flexibility index (Phi) is 4.53. The quantitative estimate of drug-likeness (QED) is 0.758.